The van der Waals surface area contributed by atoms with Gasteiger partial charge in [-0.1, -0.05) is 0 Å². The van der Waals surface area contributed by atoms with Crippen LogP contribution in [0.15, 0.2) is 12.4 Å². The van der Waals surface area contributed by atoms with Crippen LogP contribution in [0.1, 0.15) is 34.6 Å². The summed E-state index contributed by atoms with van der Waals surface area (Å²) in [5.74, 6) is -0.495. The number of aromatic nitrogens is 3. The van der Waals surface area contributed by atoms with E-state index < -0.39 is 5.60 Å². The summed E-state index contributed by atoms with van der Waals surface area (Å²) in [6.07, 6.45) is 3.28. The predicted octanol–water partition coefficient (Wildman–Crippen LogP) is 1.25. The number of nitrogens with zero attached hydrogens (tertiary/aromatic N) is 3. The van der Waals surface area contributed by atoms with E-state index in [1.54, 1.807) is 24.3 Å². The molecule has 0 radical (unpaired) electrons. The number of rotatable bonds is 5. The second-order valence-corrected chi connectivity index (χ2v) is 7.69. The van der Waals surface area contributed by atoms with Gasteiger partial charge in [-0.25, -0.2) is 0 Å². The van der Waals surface area contributed by atoms with Gasteiger partial charge in [0.15, 0.2) is 0 Å². The molecule has 0 bridgehead atoms. The molecule has 1 N–H and O–H groups in total. The molecule has 0 aromatic carbocycles. The van der Waals surface area contributed by atoms with Crippen LogP contribution in [0, 0.1) is 11.8 Å². The number of ether oxygens (including phenoxy) is 2. The van der Waals surface area contributed by atoms with Gasteiger partial charge in [0.25, 0.3) is 0 Å². The minimum absolute atomic E-state index is 0.00722. The van der Waals surface area contributed by atoms with Crippen molar-refractivity contribution in [2.75, 3.05) is 13.7 Å². The van der Waals surface area contributed by atoms with Crippen molar-refractivity contribution < 1.29 is 14.3 Å². The molecule has 1 aromatic rings. The van der Waals surface area contributed by atoms with Gasteiger partial charge in [0.1, 0.15) is 5.60 Å². The van der Waals surface area contributed by atoms with Crippen molar-refractivity contribution in [3.05, 3.63) is 12.4 Å². The van der Waals surface area contributed by atoms with Crippen molar-refractivity contribution in [3.63, 3.8) is 0 Å². The van der Waals surface area contributed by atoms with Crippen LogP contribution in [0.25, 0.3) is 0 Å². The highest BCUT2D eigenvalue weighted by atomic mass is 16.6. The summed E-state index contributed by atoms with van der Waals surface area (Å²) in [6.45, 7) is 10.8. The Morgan fingerprint density at radius 1 is 1.30 bits per heavy atom. The van der Waals surface area contributed by atoms with E-state index in [-0.39, 0.29) is 29.4 Å². The third-order valence-corrected chi connectivity index (χ3v) is 4.13. The number of esters is 1. The Balaban J connectivity index is 2.27. The predicted molar refractivity (Wildman–Crippen MR) is 85.7 cm³/mol. The number of methoxy groups -OCH3 is 1. The number of hydrogen-bond acceptors (Lipinski definition) is 6. The van der Waals surface area contributed by atoms with Gasteiger partial charge in [-0.2, -0.15) is 15.0 Å². The molecule has 7 heteroatoms. The van der Waals surface area contributed by atoms with Crippen LogP contribution in [0.3, 0.4) is 0 Å². The second-order valence-electron chi connectivity index (χ2n) is 7.69. The van der Waals surface area contributed by atoms with Crippen LogP contribution in [-0.2, 0) is 20.8 Å². The molecule has 1 fully saturated rings. The van der Waals surface area contributed by atoms with E-state index in [1.807, 2.05) is 34.6 Å². The highest BCUT2D eigenvalue weighted by Gasteiger charge is 2.53. The molecule has 130 valence electrons. The van der Waals surface area contributed by atoms with Crippen LogP contribution in [0.5, 0.6) is 0 Å². The molecule has 3 atom stereocenters. The molecule has 1 unspecified atom stereocenters. The molecule has 1 aromatic heterocycles. The lowest BCUT2D eigenvalue weighted by atomic mass is 9.80. The summed E-state index contributed by atoms with van der Waals surface area (Å²) in [5, 5.41) is 11.9. The van der Waals surface area contributed by atoms with Gasteiger partial charge in [0.05, 0.1) is 31.5 Å². The molecule has 1 aliphatic heterocycles. The van der Waals surface area contributed by atoms with Crippen LogP contribution < -0.4 is 5.32 Å². The summed E-state index contributed by atoms with van der Waals surface area (Å²) in [6, 6.07) is 0.0403. The van der Waals surface area contributed by atoms with Crippen LogP contribution >= 0.6 is 0 Å². The van der Waals surface area contributed by atoms with Gasteiger partial charge in [0.2, 0.25) is 0 Å². The fourth-order valence-corrected chi connectivity index (χ4v) is 3.38. The highest BCUT2D eigenvalue weighted by molar-refractivity contribution is 5.75. The zero-order chi connectivity index (χ0) is 17.3. The fraction of sp³-hybridized carbons (Fsp3) is 0.812. The van der Waals surface area contributed by atoms with Crippen molar-refractivity contribution >= 4 is 5.97 Å². The van der Waals surface area contributed by atoms with Crippen molar-refractivity contribution in [2.45, 2.75) is 58.3 Å². The molecule has 1 aliphatic rings. The zero-order valence-electron chi connectivity index (χ0n) is 14.9. The van der Waals surface area contributed by atoms with Crippen molar-refractivity contribution in [3.8, 4) is 0 Å². The normalized spacial score (nSPS) is 27.1. The molecule has 0 saturated carbocycles. The molecule has 2 heterocycles. The molecular weight excluding hydrogens is 296 g/mol. The topological polar surface area (TPSA) is 78.3 Å². The summed E-state index contributed by atoms with van der Waals surface area (Å²) in [7, 11) is 1.67. The Hall–Kier alpha value is -1.47. The standard InChI is InChI=1S/C16H28N4O3/c1-15(2,3)23-14(21)13-11(9-20-17-7-8-18-20)12(10-22-6)19-16(13,4)5/h7-8,11-13,19H,9-10H2,1-6H3/t11-,12-,13?/m1/s1. The summed E-state index contributed by atoms with van der Waals surface area (Å²) in [4.78, 5) is 14.4. The van der Waals surface area contributed by atoms with Crippen LogP contribution in [-0.4, -0.2) is 51.9 Å². The Bertz CT molecular complexity index is 522. The molecule has 1 saturated heterocycles. The van der Waals surface area contributed by atoms with Crippen LogP contribution in [0.4, 0.5) is 0 Å². The smallest absolute Gasteiger partial charge is 0.311 e. The maximum Gasteiger partial charge on any atom is 0.311 e. The molecule has 2 rings (SSSR count). The summed E-state index contributed by atoms with van der Waals surface area (Å²) in [5.41, 5.74) is -0.898. The first-order valence-corrected chi connectivity index (χ1v) is 7.97. The van der Waals surface area contributed by atoms with E-state index in [1.165, 1.54) is 0 Å². The van der Waals surface area contributed by atoms with Gasteiger partial charge in [-0.3, -0.25) is 4.79 Å². The lowest BCUT2D eigenvalue weighted by molar-refractivity contribution is -0.163. The van der Waals surface area contributed by atoms with E-state index in [2.05, 4.69) is 15.5 Å². The van der Waals surface area contributed by atoms with Gasteiger partial charge < -0.3 is 14.8 Å². The van der Waals surface area contributed by atoms with E-state index in [0.717, 1.165) is 0 Å². The Labute approximate surface area is 137 Å². The molecule has 23 heavy (non-hydrogen) atoms. The minimum atomic E-state index is -0.513. The van der Waals surface area contributed by atoms with Gasteiger partial charge in [-0.05, 0) is 34.6 Å². The van der Waals surface area contributed by atoms with E-state index in [9.17, 15) is 4.79 Å². The van der Waals surface area contributed by atoms with Crippen LogP contribution in [0.2, 0.25) is 0 Å². The van der Waals surface area contributed by atoms with E-state index in [4.69, 9.17) is 9.47 Å². The third kappa shape index (κ3) is 4.29. The van der Waals surface area contributed by atoms with Crippen molar-refractivity contribution in [1.82, 2.24) is 20.3 Å². The Morgan fingerprint density at radius 3 is 2.43 bits per heavy atom. The highest BCUT2D eigenvalue weighted by Crippen LogP contribution is 2.38. The molecular formula is C16H28N4O3. The molecule has 7 nitrogen and oxygen atoms in total. The van der Waals surface area contributed by atoms with E-state index >= 15 is 0 Å². The Kier molecular flexibility index (Phi) is 5.10. The summed E-state index contributed by atoms with van der Waals surface area (Å²) >= 11 is 0. The fourth-order valence-electron chi connectivity index (χ4n) is 3.38. The zero-order valence-corrected chi connectivity index (χ0v) is 14.9. The SMILES string of the molecule is COC[C@H]1NC(C)(C)C(C(=O)OC(C)(C)C)[C@@H]1Cn1nccn1. The average molecular weight is 324 g/mol. The molecule has 0 spiro atoms. The number of carbonyl (C=O) groups is 1. The van der Waals surface area contributed by atoms with Crippen molar-refractivity contribution in [2.24, 2.45) is 11.8 Å². The second kappa shape index (κ2) is 6.57. The quantitative estimate of drug-likeness (QED) is 0.821. The first-order valence-electron chi connectivity index (χ1n) is 7.97. The first kappa shape index (κ1) is 17.9. The molecule has 0 aliphatic carbocycles. The maximum absolute atomic E-state index is 12.8. The molecule has 0 amide bonds. The number of hydrogen-bond donors (Lipinski definition) is 1. The Morgan fingerprint density at radius 2 is 1.91 bits per heavy atom. The first-order chi connectivity index (χ1) is 10.6. The van der Waals surface area contributed by atoms with Gasteiger partial charge >= 0.3 is 5.97 Å². The average Bonchev–Trinajstić information content (AvgIpc) is 2.95. The lowest BCUT2D eigenvalue weighted by Crippen LogP contribution is -2.45. The van der Waals surface area contributed by atoms with Gasteiger partial charge in [0, 0.05) is 24.6 Å². The van der Waals surface area contributed by atoms with E-state index in [0.29, 0.717) is 13.2 Å². The number of carbonyl (C=O) groups excluding carboxylic acids is 1. The monoisotopic (exact) mass is 324 g/mol. The summed E-state index contributed by atoms with van der Waals surface area (Å²) < 4.78 is 11.0. The largest absolute Gasteiger partial charge is 0.460 e. The number of nitrogens with one attached hydrogen (secondary N) is 1. The van der Waals surface area contributed by atoms with Gasteiger partial charge in [-0.15, -0.1) is 0 Å². The lowest BCUT2D eigenvalue weighted by Gasteiger charge is -2.31. The van der Waals surface area contributed by atoms with Crippen molar-refractivity contribution in [1.29, 1.82) is 0 Å². The minimum Gasteiger partial charge on any atom is -0.460 e. The maximum atomic E-state index is 12.8. The third-order valence-electron chi connectivity index (χ3n) is 4.13.